The number of hydrogen-bond acceptors (Lipinski definition) is 2. The van der Waals surface area contributed by atoms with E-state index in [0.717, 1.165) is 12.2 Å². The number of methoxy groups -OCH3 is 1. The summed E-state index contributed by atoms with van der Waals surface area (Å²) < 4.78 is 7.58. The number of ether oxygens (including phenoxy) is 1. The van der Waals surface area contributed by atoms with E-state index in [1.54, 1.807) is 7.11 Å². The van der Waals surface area contributed by atoms with Gasteiger partial charge < -0.3 is 9.30 Å². The van der Waals surface area contributed by atoms with Crippen LogP contribution in [0.25, 0.3) is 0 Å². The standard InChI is InChI=1S/C14H16N2O/c1-10-7-11(3-6-14(10)17-2)13-5-4-12-8-15-9-16(12)13/h3,6-9,13H,4-5H2,1-2H3. The summed E-state index contributed by atoms with van der Waals surface area (Å²) in [5.41, 5.74) is 3.88. The van der Waals surface area contributed by atoms with Crippen LogP contribution >= 0.6 is 0 Å². The molecule has 0 aliphatic carbocycles. The van der Waals surface area contributed by atoms with Crippen molar-refractivity contribution in [2.75, 3.05) is 7.11 Å². The lowest BCUT2D eigenvalue weighted by molar-refractivity contribution is 0.411. The van der Waals surface area contributed by atoms with Crippen molar-refractivity contribution in [3.8, 4) is 5.75 Å². The van der Waals surface area contributed by atoms with Gasteiger partial charge in [-0.3, -0.25) is 0 Å². The predicted molar refractivity (Wildman–Crippen MR) is 66.4 cm³/mol. The van der Waals surface area contributed by atoms with E-state index >= 15 is 0 Å². The summed E-state index contributed by atoms with van der Waals surface area (Å²) in [6.07, 6.45) is 6.20. The van der Waals surface area contributed by atoms with Crippen molar-refractivity contribution in [3.63, 3.8) is 0 Å². The molecule has 1 aromatic carbocycles. The van der Waals surface area contributed by atoms with Gasteiger partial charge in [-0.05, 0) is 37.0 Å². The van der Waals surface area contributed by atoms with Gasteiger partial charge in [0.05, 0.1) is 19.5 Å². The van der Waals surface area contributed by atoms with Crippen LogP contribution in [0, 0.1) is 6.92 Å². The van der Waals surface area contributed by atoms with Crippen LogP contribution < -0.4 is 4.74 Å². The SMILES string of the molecule is COc1ccc(C2CCc3cncn32)cc1C. The lowest BCUT2D eigenvalue weighted by Gasteiger charge is -2.15. The molecule has 2 heterocycles. The quantitative estimate of drug-likeness (QED) is 0.790. The second-order valence-electron chi connectivity index (χ2n) is 4.58. The summed E-state index contributed by atoms with van der Waals surface area (Å²) in [5, 5.41) is 0. The summed E-state index contributed by atoms with van der Waals surface area (Å²) in [6, 6.07) is 6.88. The van der Waals surface area contributed by atoms with Crippen LogP contribution in [0.2, 0.25) is 0 Å². The van der Waals surface area contributed by atoms with Crippen molar-refractivity contribution in [2.45, 2.75) is 25.8 Å². The van der Waals surface area contributed by atoms with Gasteiger partial charge in [0.15, 0.2) is 0 Å². The van der Waals surface area contributed by atoms with Crippen molar-refractivity contribution in [1.29, 1.82) is 0 Å². The maximum atomic E-state index is 5.30. The smallest absolute Gasteiger partial charge is 0.121 e. The molecular formula is C14H16N2O. The number of benzene rings is 1. The zero-order chi connectivity index (χ0) is 11.8. The van der Waals surface area contributed by atoms with Gasteiger partial charge in [0.1, 0.15) is 5.75 Å². The fourth-order valence-corrected chi connectivity index (χ4v) is 2.67. The molecule has 0 spiro atoms. The van der Waals surface area contributed by atoms with Crippen molar-refractivity contribution < 1.29 is 4.74 Å². The van der Waals surface area contributed by atoms with Gasteiger partial charge >= 0.3 is 0 Å². The highest BCUT2D eigenvalue weighted by molar-refractivity contribution is 5.38. The maximum absolute atomic E-state index is 5.30. The lowest BCUT2D eigenvalue weighted by atomic mass is 10.0. The van der Waals surface area contributed by atoms with Crippen LogP contribution in [0.1, 0.15) is 29.3 Å². The van der Waals surface area contributed by atoms with Crippen LogP contribution in [0.4, 0.5) is 0 Å². The first kappa shape index (κ1) is 10.4. The third-order valence-corrected chi connectivity index (χ3v) is 3.56. The first-order chi connectivity index (χ1) is 8.29. The molecule has 0 N–H and O–H groups in total. The van der Waals surface area contributed by atoms with E-state index in [1.807, 2.05) is 12.5 Å². The molecule has 17 heavy (non-hydrogen) atoms. The second kappa shape index (κ2) is 3.91. The predicted octanol–water partition coefficient (Wildman–Crippen LogP) is 2.74. The summed E-state index contributed by atoms with van der Waals surface area (Å²) in [4.78, 5) is 4.21. The third-order valence-electron chi connectivity index (χ3n) is 3.56. The molecule has 1 aliphatic heterocycles. The maximum Gasteiger partial charge on any atom is 0.121 e. The minimum atomic E-state index is 0.442. The van der Waals surface area contributed by atoms with Crippen molar-refractivity contribution in [3.05, 3.63) is 47.5 Å². The number of fused-ring (bicyclic) bond motifs is 1. The number of hydrogen-bond donors (Lipinski definition) is 0. The van der Waals surface area contributed by atoms with Crippen LogP contribution in [0.3, 0.4) is 0 Å². The highest BCUT2D eigenvalue weighted by Crippen LogP contribution is 2.33. The van der Waals surface area contributed by atoms with Gasteiger partial charge in [-0.1, -0.05) is 12.1 Å². The van der Waals surface area contributed by atoms with Crippen LogP contribution in [0.15, 0.2) is 30.7 Å². The molecule has 0 radical (unpaired) electrons. The Balaban J connectivity index is 1.99. The van der Waals surface area contributed by atoms with Gasteiger partial charge in [0.25, 0.3) is 0 Å². The fraction of sp³-hybridized carbons (Fsp3) is 0.357. The first-order valence-corrected chi connectivity index (χ1v) is 5.95. The number of rotatable bonds is 2. The van der Waals surface area contributed by atoms with E-state index in [9.17, 15) is 0 Å². The molecule has 3 rings (SSSR count). The largest absolute Gasteiger partial charge is 0.496 e. The van der Waals surface area contributed by atoms with Crippen LogP contribution in [-0.2, 0) is 6.42 Å². The van der Waals surface area contributed by atoms with Crippen LogP contribution in [0.5, 0.6) is 5.75 Å². The highest BCUT2D eigenvalue weighted by atomic mass is 16.5. The van der Waals surface area contributed by atoms with E-state index in [0.29, 0.717) is 6.04 Å². The van der Waals surface area contributed by atoms with Crippen LogP contribution in [-0.4, -0.2) is 16.7 Å². The summed E-state index contributed by atoms with van der Waals surface area (Å²) in [7, 11) is 1.71. The molecule has 0 fully saturated rings. The van der Waals surface area contributed by atoms with E-state index in [1.165, 1.54) is 23.2 Å². The van der Waals surface area contributed by atoms with Crippen molar-refractivity contribution >= 4 is 0 Å². The Morgan fingerprint density at radius 2 is 2.29 bits per heavy atom. The number of nitrogens with zero attached hydrogens (tertiary/aromatic N) is 2. The molecule has 1 unspecified atom stereocenters. The normalized spacial score (nSPS) is 18.1. The Morgan fingerprint density at radius 1 is 1.41 bits per heavy atom. The monoisotopic (exact) mass is 228 g/mol. The summed E-state index contributed by atoms with van der Waals surface area (Å²) in [5.74, 6) is 0.956. The van der Waals surface area contributed by atoms with E-state index in [-0.39, 0.29) is 0 Å². The molecule has 1 aliphatic rings. The summed E-state index contributed by atoms with van der Waals surface area (Å²) >= 11 is 0. The number of aryl methyl sites for hydroxylation is 2. The molecule has 3 nitrogen and oxygen atoms in total. The molecule has 0 bridgehead atoms. The van der Waals surface area contributed by atoms with Gasteiger partial charge in [-0.2, -0.15) is 0 Å². The van der Waals surface area contributed by atoms with Gasteiger partial charge in [0.2, 0.25) is 0 Å². The Kier molecular flexibility index (Phi) is 2.39. The molecule has 0 saturated carbocycles. The first-order valence-electron chi connectivity index (χ1n) is 5.95. The minimum absolute atomic E-state index is 0.442. The molecule has 3 heteroatoms. The van der Waals surface area contributed by atoms with Gasteiger partial charge in [-0.25, -0.2) is 4.98 Å². The highest BCUT2D eigenvalue weighted by Gasteiger charge is 2.23. The minimum Gasteiger partial charge on any atom is -0.496 e. The molecule has 1 atom stereocenters. The molecule has 0 amide bonds. The van der Waals surface area contributed by atoms with E-state index in [4.69, 9.17) is 4.74 Å². The molecular weight excluding hydrogens is 212 g/mol. The second-order valence-corrected chi connectivity index (χ2v) is 4.58. The molecule has 1 aromatic heterocycles. The number of aromatic nitrogens is 2. The number of imidazole rings is 1. The van der Waals surface area contributed by atoms with Gasteiger partial charge in [-0.15, -0.1) is 0 Å². The zero-order valence-corrected chi connectivity index (χ0v) is 10.2. The average Bonchev–Trinajstić information content (AvgIpc) is 2.90. The average molecular weight is 228 g/mol. The topological polar surface area (TPSA) is 27.1 Å². The Morgan fingerprint density at radius 3 is 3.06 bits per heavy atom. The molecule has 2 aromatic rings. The van der Waals surface area contributed by atoms with E-state index in [2.05, 4.69) is 34.7 Å². The van der Waals surface area contributed by atoms with Crippen molar-refractivity contribution in [1.82, 2.24) is 9.55 Å². The zero-order valence-electron chi connectivity index (χ0n) is 10.2. The van der Waals surface area contributed by atoms with Gasteiger partial charge in [0, 0.05) is 11.9 Å². The Hall–Kier alpha value is -1.77. The Bertz CT molecular complexity index is 545. The molecule has 88 valence electrons. The van der Waals surface area contributed by atoms with Crippen molar-refractivity contribution in [2.24, 2.45) is 0 Å². The Labute approximate surface area is 101 Å². The van der Waals surface area contributed by atoms with E-state index < -0.39 is 0 Å². The fourth-order valence-electron chi connectivity index (χ4n) is 2.67. The lowest BCUT2D eigenvalue weighted by Crippen LogP contribution is -2.04. The third kappa shape index (κ3) is 1.62. The summed E-state index contributed by atoms with van der Waals surface area (Å²) in [6.45, 7) is 2.09. The molecule has 0 saturated heterocycles.